The summed E-state index contributed by atoms with van der Waals surface area (Å²) >= 11 is 0. The van der Waals surface area contributed by atoms with E-state index >= 15 is 0 Å². The lowest BCUT2D eigenvalue weighted by molar-refractivity contribution is -0.142. The summed E-state index contributed by atoms with van der Waals surface area (Å²) in [5.74, 6) is 1.88. The molecular formula is C21H33IN4O3. The van der Waals surface area contributed by atoms with Gasteiger partial charge >= 0.3 is 0 Å². The van der Waals surface area contributed by atoms with Gasteiger partial charge in [-0.3, -0.25) is 4.79 Å². The van der Waals surface area contributed by atoms with E-state index in [1.807, 2.05) is 42.2 Å². The number of amides is 1. The third-order valence-corrected chi connectivity index (χ3v) is 5.01. The molecule has 2 fully saturated rings. The highest BCUT2D eigenvalue weighted by Crippen LogP contribution is 2.16. The molecule has 7 nitrogen and oxygen atoms in total. The third-order valence-electron chi connectivity index (χ3n) is 5.01. The molecule has 162 valence electrons. The summed E-state index contributed by atoms with van der Waals surface area (Å²) in [5, 5.41) is 3.36. The van der Waals surface area contributed by atoms with Crippen LogP contribution in [0.5, 0.6) is 5.75 Å². The standard InChI is InChI=1S/C21H32N4O3.HI/c1-3-22-21(23-16-17(2)28-18-8-5-4-6-9-18)25-13-11-24(12-14-25)20(26)19-10-7-15-27-19;/h4-6,8-9,17,19H,3,7,10-16H2,1-2H3,(H,22,23);1H. The van der Waals surface area contributed by atoms with E-state index in [2.05, 4.69) is 17.1 Å². The Morgan fingerprint density at radius 1 is 1.24 bits per heavy atom. The zero-order valence-electron chi connectivity index (χ0n) is 17.4. The predicted molar refractivity (Wildman–Crippen MR) is 125 cm³/mol. The van der Waals surface area contributed by atoms with Crippen molar-refractivity contribution < 1.29 is 14.3 Å². The Morgan fingerprint density at radius 3 is 2.55 bits per heavy atom. The van der Waals surface area contributed by atoms with Crippen molar-refractivity contribution in [1.29, 1.82) is 0 Å². The quantitative estimate of drug-likeness (QED) is 0.358. The molecule has 0 radical (unpaired) electrons. The molecule has 2 unspecified atom stereocenters. The van der Waals surface area contributed by atoms with Crippen LogP contribution in [-0.2, 0) is 9.53 Å². The van der Waals surface area contributed by atoms with E-state index in [9.17, 15) is 4.79 Å². The van der Waals surface area contributed by atoms with Gasteiger partial charge in [0.15, 0.2) is 5.96 Å². The van der Waals surface area contributed by atoms with Crippen LogP contribution in [0.2, 0.25) is 0 Å². The molecule has 1 aromatic rings. The molecular weight excluding hydrogens is 483 g/mol. The van der Waals surface area contributed by atoms with E-state index in [1.54, 1.807) is 0 Å². The number of carbonyl (C=O) groups excluding carboxylic acids is 1. The second kappa shape index (κ2) is 12.2. The van der Waals surface area contributed by atoms with Crippen molar-refractivity contribution in [1.82, 2.24) is 15.1 Å². The van der Waals surface area contributed by atoms with Gasteiger partial charge in [0.05, 0.1) is 6.54 Å². The lowest BCUT2D eigenvalue weighted by Gasteiger charge is -2.37. The Labute approximate surface area is 190 Å². The van der Waals surface area contributed by atoms with Gasteiger partial charge in [0.25, 0.3) is 5.91 Å². The molecule has 0 aromatic heterocycles. The molecule has 8 heteroatoms. The Balaban J connectivity index is 0.00000300. The maximum Gasteiger partial charge on any atom is 0.251 e. The fourth-order valence-electron chi connectivity index (χ4n) is 3.52. The number of halogens is 1. The Morgan fingerprint density at radius 2 is 1.93 bits per heavy atom. The van der Waals surface area contributed by atoms with Gasteiger partial charge in [-0.05, 0) is 38.8 Å². The molecule has 2 aliphatic rings. The predicted octanol–water partition coefficient (Wildman–Crippen LogP) is 2.36. The number of hydrogen-bond acceptors (Lipinski definition) is 4. The summed E-state index contributed by atoms with van der Waals surface area (Å²) in [7, 11) is 0. The molecule has 1 aromatic carbocycles. The highest BCUT2D eigenvalue weighted by Gasteiger charge is 2.30. The summed E-state index contributed by atoms with van der Waals surface area (Å²) in [6.07, 6.45) is 1.59. The number of para-hydroxylation sites is 1. The smallest absolute Gasteiger partial charge is 0.251 e. The minimum absolute atomic E-state index is 0. The van der Waals surface area contributed by atoms with Gasteiger partial charge in [-0.2, -0.15) is 0 Å². The average Bonchev–Trinajstić information content (AvgIpc) is 3.26. The average molecular weight is 516 g/mol. The van der Waals surface area contributed by atoms with Gasteiger partial charge in [-0.1, -0.05) is 18.2 Å². The molecule has 2 atom stereocenters. The van der Waals surface area contributed by atoms with E-state index in [0.29, 0.717) is 26.2 Å². The lowest BCUT2D eigenvalue weighted by Crippen LogP contribution is -2.55. The number of ether oxygens (including phenoxy) is 2. The minimum atomic E-state index is -0.232. The van der Waals surface area contributed by atoms with Crippen LogP contribution in [0.15, 0.2) is 35.3 Å². The van der Waals surface area contributed by atoms with Crippen LogP contribution in [0.3, 0.4) is 0 Å². The summed E-state index contributed by atoms with van der Waals surface area (Å²) in [5.41, 5.74) is 0. The molecule has 0 bridgehead atoms. The second-order valence-corrected chi connectivity index (χ2v) is 7.25. The second-order valence-electron chi connectivity index (χ2n) is 7.25. The van der Waals surface area contributed by atoms with Crippen molar-refractivity contribution in [3.8, 4) is 5.75 Å². The first kappa shape index (κ1) is 23.7. The van der Waals surface area contributed by atoms with Crippen LogP contribution >= 0.6 is 24.0 Å². The zero-order valence-corrected chi connectivity index (χ0v) is 19.7. The van der Waals surface area contributed by atoms with Crippen LogP contribution < -0.4 is 10.1 Å². The fraction of sp³-hybridized carbons (Fsp3) is 0.619. The van der Waals surface area contributed by atoms with Gasteiger partial charge in [0, 0.05) is 39.3 Å². The fourth-order valence-corrected chi connectivity index (χ4v) is 3.52. The van der Waals surface area contributed by atoms with Gasteiger partial charge in [-0.25, -0.2) is 4.99 Å². The molecule has 3 rings (SSSR count). The van der Waals surface area contributed by atoms with Crippen molar-refractivity contribution in [2.24, 2.45) is 4.99 Å². The topological polar surface area (TPSA) is 66.4 Å². The van der Waals surface area contributed by atoms with Crippen molar-refractivity contribution in [2.75, 3.05) is 45.9 Å². The number of benzene rings is 1. The largest absolute Gasteiger partial charge is 0.489 e. The first-order valence-corrected chi connectivity index (χ1v) is 10.3. The number of nitrogens with zero attached hydrogens (tertiary/aromatic N) is 3. The Kier molecular flexibility index (Phi) is 9.99. The van der Waals surface area contributed by atoms with E-state index < -0.39 is 0 Å². The van der Waals surface area contributed by atoms with Gasteiger partial charge in [0.1, 0.15) is 18.0 Å². The van der Waals surface area contributed by atoms with Crippen LogP contribution in [0.1, 0.15) is 26.7 Å². The molecule has 0 spiro atoms. The molecule has 2 saturated heterocycles. The van der Waals surface area contributed by atoms with E-state index in [1.165, 1.54) is 0 Å². The summed E-state index contributed by atoms with van der Waals surface area (Å²) < 4.78 is 11.5. The number of carbonyl (C=O) groups is 1. The summed E-state index contributed by atoms with van der Waals surface area (Å²) in [6, 6.07) is 9.81. The normalized spacial score (nSPS) is 20.8. The molecule has 2 aliphatic heterocycles. The molecule has 0 aliphatic carbocycles. The lowest BCUT2D eigenvalue weighted by atomic mass is 10.2. The van der Waals surface area contributed by atoms with E-state index in [0.717, 1.165) is 44.2 Å². The summed E-state index contributed by atoms with van der Waals surface area (Å²) in [6.45, 7) is 9.15. The highest BCUT2D eigenvalue weighted by molar-refractivity contribution is 14.0. The number of aliphatic imine (C=N–C) groups is 1. The van der Waals surface area contributed by atoms with Crippen LogP contribution in [0.25, 0.3) is 0 Å². The van der Waals surface area contributed by atoms with Crippen molar-refractivity contribution in [3.63, 3.8) is 0 Å². The molecule has 1 amide bonds. The molecule has 2 heterocycles. The first-order chi connectivity index (χ1) is 13.7. The first-order valence-electron chi connectivity index (χ1n) is 10.3. The number of guanidine groups is 1. The van der Waals surface area contributed by atoms with Gasteiger partial charge in [-0.15, -0.1) is 24.0 Å². The highest BCUT2D eigenvalue weighted by atomic mass is 127. The minimum Gasteiger partial charge on any atom is -0.489 e. The number of piperazine rings is 1. The third kappa shape index (κ3) is 7.02. The number of nitrogens with one attached hydrogen (secondary N) is 1. The van der Waals surface area contributed by atoms with Crippen molar-refractivity contribution in [3.05, 3.63) is 30.3 Å². The molecule has 1 N–H and O–H groups in total. The molecule has 29 heavy (non-hydrogen) atoms. The number of hydrogen-bond donors (Lipinski definition) is 1. The van der Waals surface area contributed by atoms with Gasteiger partial charge < -0.3 is 24.6 Å². The molecule has 0 saturated carbocycles. The van der Waals surface area contributed by atoms with Gasteiger partial charge in [0.2, 0.25) is 0 Å². The van der Waals surface area contributed by atoms with E-state index in [4.69, 9.17) is 14.5 Å². The van der Waals surface area contributed by atoms with E-state index in [-0.39, 0.29) is 42.1 Å². The Bertz CT molecular complexity index is 645. The van der Waals surface area contributed by atoms with Crippen LogP contribution in [0.4, 0.5) is 0 Å². The maximum atomic E-state index is 12.5. The van der Waals surface area contributed by atoms with Crippen LogP contribution in [0, 0.1) is 0 Å². The monoisotopic (exact) mass is 516 g/mol. The zero-order chi connectivity index (χ0) is 19.8. The van der Waals surface area contributed by atoms with Crippen molar-refractivity contribution in [2.45, 2.75) is 38.9 Å². The number of rotatable bonds is 6. The maximum absolute atomic E-state index is 12.5. The van der Waals surface area contributed by atoms with Crippen molar-refractivity contribution >= 4 is 35.8 Å². The SMILES string of the molecule is CCNC(=NCC(C)Oc1ccccc1)N1CCN(C(=O)C2CCCO2)CC1.I. The summed E-state index contributed by atoms with van der Waals surface area (Å²) in [4.78, 5) is 21.4. The van der Waals surface area contributed by atoms with Crippen LogP contribution in [-0.4, -0.2) is 79.7 Å². The Hall–Kier alpha value is -1.55.